The highest BCUT2D eigenvalue weighted by atomic mass is 32.2. The Morgan fingerprint density at radius 3 is 2.56 bits per heavy atom. The smallest absolute Gasteiger partial charge is 0.124 e. The van der Waals surface area contributed by atoms with Crippen LogP contribution in [0.3, 0.4) is 0 Å². The van der Waals surface area contributed by atoms with Gasteiger partial charge in [-0.05, 0) is 42.8 Å². The van der Waals surface area contributed by atoms with Crippen LogP contribution < -0.4 is 0 Å². The van der Waals surface area contributed by atoms with Crippen LogP contribution >= 0.6 is 11.8 Å². The van der Waals surface area contributed by atoms with E-state index in [2.05, 4.69) is 12.1 Å². The molecule has 0 heterocycles. The van der Waals surface area contributed by atoms with E-state index >= 15 is 0 Å². The summed E-state index contributed by atoms with van der Waals surface area (Å²) in [6.07, 6.45) is 0. The largest absolute Gasteiger partial charge is 0.207 e. The highest BCUT2D eigenvalue weighted by Crippen LogP contribution is 2.23. The Morgan fingerprint density at radius 1 is 1.17 bits per heavy atom. The Morgan fingerprint density at radius 2 is 1.89 bits per heavy atom. The normalized spacial score (nSPS) is 10.1. The van der Waals surface area contributed by atoms with Gasteiger partial charge in [-0.3, -0.25) is 0 Å². The molecular formula is C15H12FNS. The summed E-state index contributed by atoms with van der Waals surface area (Å²) >= 11 is 1.63. The number of hydrogen-bond acceptors (Lipinski definition) is 2. The van der Waals surface area contributed by atoms with Crippen molar-refractivity contribution in [3.05, 3.63) is 65.0 Å². The van der Waals surface area contributed by atoms with Gasteiger partial charge in [0.05, 0.1) is 11.6 Å². The van der Waals surface area contributed by atoms with Gasteiger partial charge in [0, 0.05) is 10.6 Å². The Kier molecular flexibility index (Phi) is 4.01. The lowest BCUT2D eigenvalue weighted by Gasteiger charge is -2.03. The SMILES string of the molecule is Cc1ccc(SCc2cc(F)cc(C#N)c2)cc1. The molecule has 0 aliphatic heterocycles. The highest BCUT2D eigenvalue weighted by molar-refractivity contribution is 7.98. The molecule has 0 aliphatic rings. The van der Waals surface area contributed by atoms with Crippen molar-refractivity contribution in [2.45, 2.75) is 17.6 Å². The van der Waals surface area contributed by atoms with Crippen molar-refractivity contribution in [1.29, 1.82) is 5.26 Å². The molecule has 3 heteroatoms. The molecule has 1 nitrogen and oxygen atoms in total. The molecule has 0 unspecified atom stereocenters. The first-order valence-electron chi connectivity index (χ1n) is 5.56. The summed E-state index contributed by atoms with van der Waals surface area (Å²) in [6, 6.07) is 14.6. The summed E-state index contributed by atoms with van der Waals surface area (Å²) in [6.45, 7) is 2.04. The van der Waals surface area contributed by atoms with Crippen LogP contribution in [0.1, 0.15) is 16.7 Å². The van der Waals surface area contributed by atoms with Gasteiger partial charge in [-0.15, -0.1) is 11.8 Å². The van der Waals surface area contributed by atoms with Crippen molar-refractivity contribution in [3.8, 4) is 6.07 Å². The van der Waals surface area contributed by atoms with Crippen LogP contribution in [0.2, 0.25) is 0 Å². The van der Waals surface area contributed by atoms with Crippen molar-refractivity contribution in [3.63, 3.8) is 0 Å². The number of nitriles is 1. The quantitative estimate of drug-likeness (QED) is 0.765. The lowest BCUT2D eigenvalue weighted by Crippen LogP contribution is -1.86. The van der Waals surface area contributed by atoms with Crippen LogP contribution in [0.5, 0.6) is 0 Å². The summed E-state index contributed by atoms with van der Waals surface area (Å²) in [5.74, 6) is 0.309. The van der Waals surface area contributed by atoms with Gasteiger partial charge in [0.25, 0.3) is 0 Å². The number of nitrogens with zero attached hydrogens (tertiary/aromatic N) is 1. The summed E-state index contributed by atoms with van der Waals surface area (Å²) in [5.41, 5.74) is 2.42. The number of aryl methyl sites for hydroxylation is 1. The van der Waals surface area contributed by atoms with E-state index in [9.17, 15) is 4.39 Å². The monoisotopic (exact) mass is 257 g/mol. The second-order valence-electron chi connectivity index (χ2n) is 4.06. The highest BCUT2D eigenvalue weighted by Gasteiger charge is 2.01. The van der Waals surface area contributed by atoms with E-state index < -0.39 is 0 Å². The third kappa shape index (κ3) is 3.35. The van der Waals surface area contributed by atoms with Crippen LogP contribution in [0.15, 0.2) is 47.4 Å². The third-order valence-corrected chi connectivity index (χ3v) is 3.60. The van der Waals surface area contributed by atoms with Gasteiger partial charge in [-0.2, -0.15) is 5.26 Å². The first-order valence-corrected chi connectivity index (χ1v) is 6.55. The van der Waals surface area contributed by atoms with E-state index in [0.29, 0.717) is 11.3 Å². The molecule has 0 fully saturated rings. The molecule has 18 heavy (non-hydrogen) atoms. The lowest BCUT2D eigenvalue weighted by atomic mass is 10.1. The van der Waals surface area contributed by atoms with E-state index in [-0.39, 0.29) is 5.82 Å². The fourth-order valence-corrected chi connectivity index (χ4v) is 2.43. The van der Waals surface area contributed by atoms with Crippen molar-refractivity contribution >= 4 is 11.8 Å². The number of rotatable bonds is 3. The van der Waals surface area contributed by atoms with Crippen molar-refractivity contribution in [2.24, 2.45) is 0 Å². The topological polar surface area (TPSA) is 23.8 Å². The van der Waals surface area contributed by atoms with Gasteiger partial charge in [-0.25, -0.2) is 4.39 Å². The zero-order valence-corrected chi connectivity index (χ0v) is 10.8. The lowest BCUT2D eigenvalue weighted by molar-refractivity contribution is 0.626. The molecule has 90 valence electrons. The minimum absolute atomic E-state index is 0.353. The molecule has 2 rings (SSSR count). The maximum atomic E-state index is 13.2. The zero-order chi connectivity index (χ0) is 13.0. The molecule has 0 radical (unpaired) electrons. The number of hydrogen-bond donors (Lipinski definition) is 0. The second-order valence-corrected chi connectivity index (χ2v) is 5.11. The van der Waals surface area contributed by atoms with Gasteiger partial charge in [0.1, 0.15) is 5.82 Å². The van der Waals surface area contributed by atoms with Crippen LogP contribution in [-0.2, 0) is 5.75 Å². The number of thioether (sulfide) groups is 1. The molecular weight excluding hydrogens is 245 g/mol. The van der Waals surface area contributed by atoms with Gasteiger partial charge in [0.2, 0.25) is 0 Å². The molecule has 2 aromatic carbocycles. The fourth-order valence-electron chi connectivity index (χ4n) is 1.60. The molecule has 0 aromatic heterocycles. The minimum atomic E-state index is -0.353. The standard InChI is InChI=1S/C15H12FNS/c1-11-2-4-15(5-3-11)18-10-13-6-12(9-17)7-14(16)8-13/h2-8H,10H2,1H3. The van der Waals surface area contributed by atoms with E-state index in [4.69, 9.17) is 5.26 Å². The molecule has 0 bridgehead atoms. The van der Waals surface area contributed by atoms with Crippen LogP contribution in [-0.4, -0.2) is 0 Å². The molecule has 0 spiro atoms. The maximum Gasteiger partial charge on any atom is 0.124 e. The average molecular weight is 257 g/mol. The van der Waals surface area contributed by atoms with Gasteiger partial charge in [0.15, 0.2) is 0 Å². The number of benzene rings is 2. The molecule has 2 aromatic rings. The molecule has 0 N–H and O–H groups in total. The average Bonchev–Trinajstić information content (AvgIpc) is 2.37. The van der Waals surface area contributed by atoms with Gasteiger partial charge < -0.3 is 0 Å². The third-order valence-electron chi connectivity index (χ3n) is 2.51. The predicted molar refractivity (Wildman–Crippen MR) is 71.9 cm³/mol. The maximum absolute atomic E-state index is 13.2. The molecule has 0 atom stereocenters. The van der Waals surface area contributed by atoms with E-state index in [1.165, 1.54) is 17.7 Å². The summed E-state index contributed by atoms with van der Waals surface area (Å²) in [4.78, 5) is 1.14. The summed E-state index contributed by atoms with van der Waals surface area (Å²) in [7, 11) is 0. The van der Waals surface area contributed by atoms with Crippen molar-refractivity contribution in [2.75, 3.05) is 0 Å². The van der Waals surface area contributed by atoms with E-state index in [1.54, 1.807) is 17.8 Å². The second kappa shape index (κ2) is 5.70. The predicted octanol–water partition coefficient (Wildman–Crippen LogP) is 4.30. The molecule has 0 amide bonds. The first kappa shape index (κ1) is 12.7. The van der Waals surface area contributed by atoms with Gasteiger partial charge >= 0.3 is 0 Å². The zero-order valence-electron chi connectivity index (χ0n) is 9.98. The number of halogens is 1. The van der Waals surface area contributed by atoms with Crippen LogP contribution in [0, 0.1) is 24.1 Å². The Hall–Kier alpha value is -1.79. The Balaban J connectivity index is 2.08. The van der Waals surface area contributed by atoms with E-state index in [0.717, 1.165) is 10.5 Å². The first-order chi connectivity index (χ1) is 8.67. The van der Waals surface area contributed by atoms with E-state index in [1.807, 2.05) is 25.1 Å². The minimum Gasteiger partial charge on any atom is -0.207 e. The molecule has 0 aliphatic carbocycles. The summed E-state index contributed by atoms with van der Waals surface area (Å²) in [5, 5.41) is 8.78. The van der Waals surface area contributed by atoms with Crippen LogP contribution in [0.4, 0.5) is 4.39 Å². The van der Waals surface area contributed by atoms with Crippen LogP contribution in [0.25, 0.3) is 0 Å². The van der Waals surface area contributed by atoms with Crippen molar-refractivity contribution < 1.29 is 4.39 Å². The Bertz CT molecular complexity index is 584. The summed E-state index contributed by atoms with van der Waals surface area (Å²) < 4.78 is 13.2. The molecule has 0 saturated carbocycles. The van der Waals surface area contributed by atoms with Crippen molar-refractivity contribution in [1.82, 2.24) is 0 Å². The molecule has 0 saturated heterocycles. The fraction of sp³-hybridized carbons (Fsp3) is 0.133. The van der Waals surface area contributed by atoms with Gasteiger partial charge in [-0.1, -0.05) is 17.7 Å². The Labute approximate surface area is 110 Å².